The van der Waals surface area contributed by atoms with Crippen molar-refractivity contribution in [2.45, 2.75) is 59.1 Å². The first-order chi connectivity index (χ1) is 15.3. The lowest BCUT2D eigenvalue weighted by Crippen LogP contribution is -2.52. The number of imidazole rings is 1. The molecule has 2 heterocycles. The van der Waals surface area contributed by atoms with Crippen molar-refractivity contribution >= 4 is 34.9 Å². The number of aromatic nitrogens is 3. The largest absolute Gasteiger partial charge is 0.490 e. The number of amides is 1. The summed E-state index contributed by atoms with van der Waals surface area (Å²) in [5, 5.41) is 7.97. The lowest BCUT2D eigenvalue weighted by Gasteiger charge is -2.33. The molecule has 33 heavy (non-hydrogen) atoms. The van der Waals surface area contributed by atoms with Crippen LogP contribution >= 0.6 is 23.2 Å². The molecule has 3 aromatic rings. The van der Waals surface area contributed by atoms with Gasteiger partial charge in [0, 0.05) is 18.0 Å². The highest BCUT2D eigenvalue weighted by Gasteiger charge is 2.31. The highest BCUT2D eigenvalue weighted by molar-refractivity contribution is 6.32. The smallest absolute Gasteiger partial charge is 0.408 e. The van der Waals surface area contributed by atoms with E-state index in [9.17, 15) is 4.79 Å². The third-order valence-electron chi connectivity index (χ3n) is 4.78. The van der Waals surface area contributed by atoms with Gasteiger partial charge in [0.05, 0.1) is 10.6 Å². The van der Waals surface area contributed by atoms with Gasteiger partial charge in [-0.15, -0.1) is 0 Å². The average molecular weight is 493 g/mol. The molecule has 9 heteroatoms. The fourth-order valence-corrected chi connectivity index (χ4v) is 4.14. The number of nitrogens with zero attached hydrogens (tertiary/aromatic N) is 3. The number of rotatable bonds is 7. The predicted octanol–water partition coefficient (Wildman–Crippen LogP) is 6.41. The minimum absolute atomic E-state index is 0.231. The normalized spacial score (nSPS) is 13.7. The van der Waals surface area contributed by atoms with Crippen LogP contribution in [0.15, 0.2) is 36.7 Å². The highest BCUT2D eigenvalue weighted by atomic mass is 35.5. The summed E-state index contributed by atoms with van der Waals surface area (Å²) in [7, 11) is 0. The van der Waals surface area contributed by atoms with Crippen LogP contribution in [0.4, 0.5) is 4.79 Å². The van der Waals surface area contributed by atoms with E-state index in [0.717, 1.165) is 11.1 Å². The monoisotopic (exact) mass is 492 g/mol. The van der Waals surface area contributed by atoms with E-state index in [1.807, 2.05) is 33.8 Å². The van der Waals surface area contributed by atoms with Gasteiger partial charge in [-0.3, -0.25) is 0 Å². The molecule has 1 amide bonds. The van der Waals surface area contributed by atoms with Gasteiger partial charge >= 0.3 is 6.09 Å². The van der Waals surface area contributed by atoms with Crippen LogP contribution in [-0.4, -0.2) is 38.4 Å². The fraction of sp³-hybridized carbons (Fsp3) is 0.458. The van der Waals surface area contributed by atoms with Crippen LogP contribution < -0.4 is 10.1 Å². The molecule has 2 aromatic heterocycles. The maximum Gasteiger partial charge on any atom is 0.408 e. The molecule has 0 spiro atoms. The lowest BCUT2D eigenvalue weighted by molar-refractivity contribution is 0.0408. The van der Waals surface area contributed by atoms with Crippen molar-refractivity contribution in [1.82, 2.24) is 19.9 Å². The molecule has 1 N–H and O–H groups in total. The summed E-state index contributed by atoms with van der Waals surface area (Å²) in [6.07, 6.45) is 3.62. The zero-order valence-electron chi connectivity index (χ0n) is 19.8. The van der Waals surface area contributed by atoms with E-state index in [4.69, 9.17) is 32.7 Å². The maximum atomic E-state index is 12.4. The molecular weight excluding hydrogens is 463 g/mol. The molecule has 1 aromatic carbocycles. The van der Waals surface area contributed by atoms with Gasteiger partial charge in [0.15, 0.2) is 10.8 Å². The molecule has 0 aliphatic heterocycles. The van der Waals surface area contributed by atoms with Crippen molar-refractivity contribution in [1.29, 1.82) is 0 Å². The van der Waals surface area contributed by atoms with E-state index in [1.54, 1.807) is 35.1 Å². The highest BCUT2D eigenvalue weighted by Crippen LogP contribution is 2.33. The molecule has 1 atom stereocenters. The Bertz CT molecular complexity index is 1140. The lowest BCUT2D eigenvalue weighted by atomic mass is 9.91. The topological polar surface area (TPSA) is 77.8 Å². The summed E-state index contributed by atoms with van der Waals surface area (Å²) >= 11 is 12.7. The van der Waals surface area contributed by atoms with Gasteiger partial charge in [0.2, 0.25) is 0 Å². The number of ether oxygens (including phenoxy) is 2. The van der Waals surface area contributed by atoms with Gasteiger partial charge in [-0.2, -0.15) is 5.10 Å². The van der Waals surface area contributed by atoms with Crippen molar-refractivity contribution in [3.05, 3.63) is 46.8 Å². The van der Waals surface area contributed by atoms with Crippen LogP contribution in [-0.2, 0) is 4.74 Å². The molecule has 0 fully saturated rings. The van der Waals surface area contributed by atoms with Crippen LogP contribution in [0.2, 0.25) is 10.2 Å². The molecule has 7 nitrogen and oxygen atoms in total. The maximum absolute atomic E-state index is 12.4. The molecule has 0 aliphatic carbocycles. The van der Waals surface area contributed by atoms with Crippen molar-refractivity contribution in [3.8, 4) is 16.9 Å². The van der Waals surface area contributed by atoms with Crippen LogP contribution in [0.1, 0.15) is 48.0 Å². The van der Waals surface area contributed by atoms with Gasteiger partial charge in [0.1, 0.15) is 18.0 Å². The Hall–Kier alpha value is -2.51. The third-order valence-corrected chi connectivity index (χ3v) is 5.26. The molecular formula is C24H30Cl2N4O3. The summed E-state index contributed by atoms with van der Waals surface area (Å²) < 4.78 is 13.1. The Morgan fingerprint density at radius 3 is 2.55 bits per heavy atom. The van der Waals surface area contributed by atoms with E-state index in [2.05, 4.69) is 29.2 Å². The summed E-state index contributed by atoms with van der Waals surface area (Å²) in [5.41, 5.74) is 1.10. The summed E-state index contributed by atoms with van der Waals surface area (Å²) in [6.45, 7) is 11.8. The number of benzene rings is 1. The number of hydrogen-bond donors (Lipinski definition) is 1. The fourth-order valence-electron chi connectivity index (χ4n) is 3.72. The van der Waals surface area contributed by atoms with E-state index < -0.39 is 17.2 Å². The Morgan fingerprint density at radius 2 is 1.91 bits per heavy atom. The van der Waals surface area contributed by atoms with Gasteiger partial charge in [-0.25, -0.2) is 14.3 Å². The quantitative estimate of drug-likeness (QED) is 0.412. The first-order valence-corrected chi connectivity index (χ1v) is 11.5. The van der Waals surface area contributed by atoms with Crippen LogP contribution in [0.25, 0.3) is 16.8 Å². The van der Waals surface area contributed by atoms with Gasteiger partial charge < -0.3 is 14.8 Å². The second-order valence-corrected chi connectivity index (χ2v) is 10.6. The summed E-state index contributed by atoms with van der Waals surface area (Å²) in [6, 6.07) is 7.25. The SMILES string of the molecule is CC(C)C[C@@](C)(COc1ccc(-c2cc(Cl)nn3ccnc23)cc1Cl)NC(=O)OC(C)(C)C. The number of fused-ring (bicyclic) bond motifs is 1. The van der Waals surface area contributed by atoms with Crippen LogP contribution in [0.3, 0.4) is 0 Å². The zero-order valence-corrected chi connectivity index (χ0v) is 21.3. The standard InChI is InChI=1S/C24H30Cl2N4O3/c1-15(2)13-24(6,28-22(31)33-23(3,4)5)14-32-19-8-7-16(11-18(19)25)17-12-20(26)29-30-10-9-27-21(17)30/h7-12,15H,13-14H2,1-6H3,(H,28,31)/t24-/m0/s1. The van der Waals surface area contributed by atoms with E-state index >= 15 is 0 Å². The number of hydrogen-bond acceptors (Lipinski definition) is 5. The van der Waals surface area contributed by atoms with E-state index in [0.29, 0.717) is 33.9 Å². The van der Waals surface area contributed by atoms with Crippen LogP contribution in [0.5, 0.6) is 5.75 Å². The van der Waals surface area contributed by atoms with Crippen molar-refractivity contribution < 1.29 is 14.3 Å². The number of nitrogens with one attached hydrogen (secondary N) is 1. The zero-order chi connectivity index (χ0) is 24.4. The second kappa shape index (κ2) is 9.77. The van der Waals surface area contributed by atoms with Gasteiger partial charge in [0.25, 0.3) is 0 Å². The first-order valence-electron chi connectivity index (χ1n) is 10.8. The Balaban J connectivity index is 1.79. The van der Waals surface area contributed by atoms with Crippen molar-refractivity contribution in [2.75, 3.05) is 6.61 Å². The number of halogens is 2. The molecule has 0 bridgehead atoms. The summed E-state index contributed by atoms with van der Waals surface area (Å²) in [5.74, 6) is 0.848. The Labute approximate surface area is 204 Å². The number of carbonyl (C=O) groups is 1. The van der Waals surface area contributed by atoms with Crippen molar-refractivity contribution in [2.24, 2.45) is 5.92 Å². The van der Waals surface area contributed by atoms with Crippen molar-refractivity contribution in [3.63, 3.8) is 0 Å². The minimum Gasteiger partial charge on any atom is -0.490 e. The average Bonchev–Trinajstić information content (AvgIpc) is 3.12. The van der Waals surface area contributed by atoms with Gasteiger partial charge in [-0.1, -0.05) is 43.1 Å². The molecule has 0 saturated carbocycles. The molecule has 0 radical (unpaired) electrons. The molecule has 0 saturated heterocycles. The molecule has 178 valence electrons. The number of alkyl carbamates (subject to hydrolysis) is 1. The number of carbonyl (C=O) groups excluding carboxylic acids is 1. The predicted molar refractivity (Wildman–Crippen MR) is 131 cm³/mol. The molecule has 3 rings (SSSR count). The Kier molecular flexibility index (Phi) is 7.44. The minimum atomic E-state index is -0.640. The van der Waals surface area contributed by atoms with Gasteiger partial charge in [-0.05, 0) is 63.8 Å². The van der Waals surface area contributed by atoms with E-state index in [-0.39, 0.29) is 6.61 Å². The van der Waals surface area contributed by atoms with Crippen LogP contribution in [0, 0.1) is 5.92 Å². The third kappa shape index (κ3) is 6.74. The molecule has 0 aliphatic rings. The molecule has 0 unspecified atom stereocenters. The first kappa shape index (κ1) is 25.1. The second-order valence-electron chi connectivity index (χ2n) is 9.80. The Morgan fingerprint density at radius 1 is 1.18 bits per heavy atom. The van der Waals surface area contributed by atoms with E-state index in [1.165, 1.54) is 0 Å². The summed E-state index contributed by atoms with van der Waals surface area (Å²) in [4.78, 5) is 16.8.